The van der Waals surface area contributed by atoms with Gasteiger partial charge in [-0.1, -0.05) is 6.08 Å². The summed E-state index contributed by atoms with van der Waals surface area (Å²) < 4.78 is 21.5. The molecule has 2 heterocycles. The lowest BCUT2D eigenvalue weighted by atomic mass is 10.0. The molecule has 2 aliphatic rings. The number of hydrogen-bond acceptors (Lipinski definition) is 5. The number of rotatable bonds is 2. The number of fused-ring (bicyclic) bond motifs is 1. The Kier molecular flexibility index (Phi) is 2.77. The third-order valence-corrected chi connectivity index (χ3v) is 2.76. The summed E-state index contributed by atoms with van der Waals surface area (Å²) in [4.78, 5) is 11.5. The average Bonchev–Trinajstić information content (AvgIpc) is 2.51. The average molecular weight is 228 g/mol. The Morgan fingerprint density at radius 2 is 2.06 bits per heavy atom. The highest BCUT2D eigenvalue weighted by Crippen LogP contribution is 2.35. The minimum absolute atomic E-state index is 0.363. The monoisotopic (exact) mass is 228 g/mol. The minimum atomic E-state index is -0.773. The van der Waals surface area contributed by atoms with Gasteiger partial charge < -0.3 is 18.9 Å². The Labute approximate surface area is 94.3 Å². The van der Waals surface area contributed by atoms with Gasteiger partial charge in [0.25, 0.3) is 0 Å². The van der Waals surface area contributed by atoms with E-state index in [0.717, 1.165) is 0 Å². The Bertz CT molecular complexity index is 311. The second-order valence-electron chi connectivity index (χ2n) is 4.36. The number of methoxy groups -OCH3 is 1. The third kappa shape index (κ3) is 1.75. The van der Waals surface area contributed by atoms with E-state index in [1.807, 2.05) is 0 Å². The first-order valence-corrected chi connectivity index (χ1v) is 5.20. The number of esters is 1. The maximum atomic E-state index is 11.5. The van der Waals surface area contributed by atoms with Gasteiger partial charge in [-0.2, -0.15) is 0 Å². The highest BCUT2D eigenvalue weighted by Gasteiger charge is 2.55. The van der Waals surface area contributed by atoms with Crippen LogP contribution < -0.4 is 0 Å². The van der Waals surface area contributed by atoms with Gasteiger partial charge in [-0.3, -0.25) is 0 Å². The lowest BCUT2D eigenvalue weighted by Crippen LogP contribution is -2.54. The van der Waals surface area contributed by atoms with Crippen LogP contribution >= 0.6 is 0 Å². The fraction of sp³-hybridized carbons (Fsp3) is 0.727. The molecule has 5 nitrogen and oxygen atoms in total. The van der Waals surface area contributed by atoms with E-state index in [2.05, 4.69) is 6.58 Å². The summed E-state index contributed by atoms with van der Waals surface area (Å²) in [5.74, 6) is -1.18. The van der Waals surface area contributed by atoms with Crippen molar-refractivity contribution in [3.05, 3.63) is 12.7 Å². The molecule has 0 aromatic rings. The van der Waals surface area contributed by atoms with Crippen LogP contribution in [0, 0.1) is 0 Å². The zero-order valence-corrected chi connectivity index (χ0v) is 9.64. The van der Waals surface area contributed by atoms with Crippen molar-refractivity contribution >= 4 is 5.97 Å². The second kappa shape index (κ2) is 3.84. The normalized spacial score (nSPS) is 41.3. The predicted octanol–water partition coefficient (Wildman–Crippen LogP) is 0.633. The standard InChI is InChI=1S/C11H16O5/c1-5-6-7-8(16-11(2,3)15-6)9(13-4)10(12)14-7/h5-9H,1H2,2-4H3/t6-,7?,8-,9-/m1/s1. The van der Waals surface area contributed by atoms with Crippen LogP contribution in [0.2, 0.25) is 0 Å². The van der Waals surface area contributed by atoms with Gasteiger partial charge in [-0.15, -0.1) is 6.58 Å². The Hall–Kier alpha value is -0.910. The fourth-order valence-electron chi connectivity index (χ4n) is 2.12. The molecule has 0 bridgehead atoms. The van der Waals surface area contributed by atoms with Gasteiger partial charge in [0.2, 0.25) is 0 Å². The number of carbonyl (C=O) groups excluding carboxylic acids is 1. The summed E-state index contributed by atoms with van der Waals surface area (Å²) in [6.07, 6.45) is -0.339. The summed E-state index contributed by atoms with van der Waals surface area (Å²) in [6, 6.07) is 0. The number of hydrogen-bond donors (Lipinski definition) is 0. The number of carbonyl (C=O) groups is 1. The lowest BCUT2D eigenvalue weighted by Gasteiger charge is -2.41. The molecule has 2 aliphatic heterocycles. The van der Waals surface area contributed by atoms with Crippen molar-refractivity contribution < 1.29 is 23.7 Å². The van der Waals surface area contributed by atoms with Crippen LogP contribution in [0.5, 0.6) is 0 Å². The van der Waals surface area contributed by atoms with Crippen molar-refractivity contribution in [3.8, 4) is 0 Å². The van der Waals surface area contributed by atoms with Crippen molar-refractivity contribution in [1.29, 1.82) is 0 Å². The summed E-state index contributed by atoms with van der Waals surface area (Å²) in [7, 11) is 1.46. The van der Waals surface area contributed by atoms with E-state index in [-0.39, 0.29) is 6.10 Å². The van der Waals surface area contributed by atoms with Crippen LogP contribution in [0.4, 0.5) is 0 Å². The van der Waals surface area contributed by atoms with Crippen molar-refractivity contribution in [2.75, 3.05) is 7.11 Å². The molecule has 5 heteroatoms. The van der Waals surface area contributed by atoms with E-state index in [9.17, 15) is 4.79 Å². The van der Waals surface area contributed by atoms with Crippen LogP contribution in [0.1, 0.15) is 13.8 Å². The summed E-state index contributed by atoms with van der Waals surface area (Å²) in [5, 5.41) is 0. The molecule has 16 heavy (non-hydrogen) atoms. The van der Waals surface area contributed by atoms with Crippen LogP contribution in [-0.2, 0) is 23.7 Å². The Morgan fingerprint density at radius 1 is 1.38 bits per heavy atom. The van der Waals surface area contributed by atoms with Crippen molar-refractivity contribution in [3.63, 3.8) is 0 Å². The zero-order valence-electron chi connectivity index (χ0n) is 9.64. The quantitative estimate of drug-likeness (QED) is 0.512. The van der Waals surface area contributed by atoms with Gasteiger partial charge in [0, 0.05) is 7.11 Å². The summed E-state index contributed by atoms with van der Waals surface area (Å²) in [6.45, 7) is 7.25. The van der Waals surface area contributed by atoms with E-state index in [4.69, 9.17) is 18.9 Å². The van der Waals surface area contributed by atoms with Crippen LogP contribution in [0.25, 0.3) is 0 Å². The molecular weight excluding hydrogens is 212 g/mol. The maximum absolute atomic E-state index is 11.5. The molecule has 2 rings (SSSR count). The zero-order chi connectivity index (χ0) is 11.9. The van der Waals surface area contributed by atoms with E-state index in [0.29, 0.717) is 0 Å². The van der Waals surface area contributed by atoms with Gasteiger partial charge in [-0.25, -0.2) is 4.79 Å². The molecule has 2 fully saturated rings. The minimum Gasteiger partial charge on any atom is -0.454 e. The van der Waals surface area contributed by atoms with Gasteiger partial charge in [0.15, 0.2) is 18.0 Å². The molecule has 0 radical (unpaired) electrons. The number of ether oxygens (including phenoxy) is 4. The maximum Gasteiger partial charge on any atom is 0.338 e. The molecule has 4 atom stereocenters. The Balaban J connectivity index is 2.26. The molecule has 0 amide bonds. The fourth-order valence-corrected chi connectivity index (χ4v) is 2.12. The molecule has 0 aromatic heterocycles. The first-order valence-electron chi connectivity index (χ1n) is 5.20. The van der Waals surface area contributed by atoms with Crippen LogP contribution in [-0.4, -0.2) is 43.3 Å². The highest BCUT2D eigenvalue weighted by atomic mass is 16.8. The molecule has 0 spiro atoms. The molecule has 0 aliphatic carbocycles. The first-order chi connectivity index (χ1) is 7.48. The first kappa shape index (κ1) is 11.6. The molecule has 90 valence electrons. The summed E-state index contributed by atoms with van der Waals surface area (Å²) in [5.41, 5.74) is 0. The van der Waals surface area contributed by atoms with E-state index < -0.39 is 30.1 Å². The van der Waals surface area contributed by atoms with E-state index >= 15 is 0 Å². The smallest absolute Gasteiger partial charge is 0.338 e. The van der Waals surface area contributed by atoms with Gasteiger partial charge in [0.1, 0.15) is 12.2 Å². The highest BCUT2D eigenvalue weighted by molar-refractivity contribution is 5.78. The molecular formula is C11H16O5. The topological polar surface area (TPSA) is 54.0 Å². The van der Waals surface area contributed by atoms with Crippen molar-refractivity contribution in [1.82, 2.24) is 0 Å². The van der Waals surface area contributed by atoms with Crippen LogP contribution in [0.3, 0.4) is 0 Å². The molecule has 2 saturated heterocycles. The van der Waals surface area contributed by atoms with Gasteiger partial charge >= 0.3 is 5.97 Å². The Morgan fingerprint density at radius 3 is 2.62 bits per heavy atom. The van der Waals surface area contributed by atoms with E-state index in [1.165, 1.54) is 7.11 Å². The van der Waals surface area contributed by atoms with Crippen molar-refractivity contribution in [2.45, 2.75) is 44.1 Å². The molecule has 1 unspecified atom stereocenters. The molecule has 0 aromatic carbocycles. The molecule has 0 N–H and O–H groups in total. The summed E-state index contributed by atoms with van der Waals surface area (Å²) >= 11 is 0. The van der Waals surface area contributed by atoms with Gasteiger partial charge in [-0.05, 0) is 13.8 Å². The second-order valence-corrected chi connectivity index (χ2v) is 4.36. The largest absolute Gasteiger partial charge is 0.454 e. The van der Waals surface area contributed by atoms with Gasteiger partial charge in [0.05, 0.1) is 0 Å². The van der Waals surface area contributed by atoms with Crippen LogP contribution in [0.15, 0.2) is 12.7 Å². The predicted molar refractivity (Wildman–Crippen MR) is 54.7 cm³/mol. The molecule has 0 saturated carbocycles. The van der Waals surface area contributed by atoms with E-state index in [1.54, 1.807) is 19.9 Å². The lowest BCUT2D eigenvalue weighted by molar-refractivity contribution is -0.318. The third-order valence-electron chi connectivity index (χ3n) is 2.76. The van der Waals surface area contributed by atoms with Crippen molar-refractivity contribution in [2.24, 2.45) is 0 Å². The SMILES string of the molecule is C=C[C@H]1OC(C)(C)O[C@@H]2C1OC(=O)[C@@H]2OC.